The second-order valence-electron chi connectivity index (χ2n) is 2.12. The number of hydrogen-bond acceptors (Lipinski definition) is 2. The Morgan fingerprint density at radius 2 is 1.92 bits per heavy atom. The second kappa shape index (κ2) is 4.61. The van der Waals surface area contributed by atoms with Crippen LogP contribution in [0.1, 0.15) is 0 Å². The molecule has 0 fully saturated rings. The smallest absolute Gasteiger partial charge is 0.387 e. The van der Waals surface area contributed by atoms with Crippen LogP contribution in [0, 0.1) is 0 Å². The largest absolute Gasteiger partial charge is 0.434 e. The highest BCUT2D eigenvalue weighted by Crippen LogP contribution is 2.35. The average Bonchev–Trinajstić information content (AvgIpc) is 1.98. The summed E-state index contributed by atoms with van der Waals surface area (Å²) in [6.07, 6.45) is 0. The maximum atomic E-state index is 11.9. The SMILES string of the molecule is FC(F)Oc1cc(S)cc(Br)c1Br. The minimum Gasteiger partial charge on any atom is -0.434 e. The Kier molecular flexibility index (Phi) is 4.00. The molecule has 0 aliphatic carbocycles. The minimum absolute atomic E-state index is 0.0642. The Bertz CT molecular complexity index is 320. The van der Waals surface area contributed by atoms with Crippen LogP contribution in [0.15, 0.2) is 26.0 Å². The highest BCUT2D eigenvalue weighted by atomic mass is 79.9. The van der Waals surface area contributed by atoms with Gasteiger partial charge in [0, 0.05) is 9.37 Å². The van der Waals surface area contributed by atoms with Crippen molar-refractivity contribution >= 4 is 44.5 Å². The van der Waals surface area contributed by atoms with Crippen LogP contribution >= 0.6 is 44.5 Å². The van der Waals surface area contributed by atoms with E-state index in [4.69, 9.17) is 0 Å². The van der Waals surface area contributed by atoms with Crippen LogP contribution in [0.3, 0.4) is 0 Å². The van der Waals surface area contributed by atoms with Gasteiger partial charge in [-0.1, -0.05) is 0 Å². The lowest BCUT2D eigenvalue weighted by molar-refractivity contribution is -0.0505. The third kappa shape index (κ3) is 3.11. The fraction of sp³-hybridized carbons (Fsp3) is 0.143. The van der Waals surface area contributed by atoms with Crippen molar-refractivity contribution in [2.75, 3.05) is 0 Å². The number of benzene rings is 1. The molecule has 0 saturated heterocycles. The van der Waals surface area contributed by atoms with E-state index in [1.165, 1.54) is 6.07 Å². The molecule has 0 bridgehead atoms. The Morgan fingerprint density at radius 1 is 1.31 bits per heavy atom. The molecule has 0 aliphatic heterocycles. The molecule has 0 N–H and O–H groups in total. The highest BCUT2D eigenvalue weighted by molar-refractivity contribution is 9.13. The molecule has 0 atom stereocenters. The number of alkyl halides is 2. The molecule has 0 aromatic heterocycles. The third-order valence-corrected chi connectivity index (χ3v) is 3.43. The zero-order valence-corrected chi connectivity index (χ0v) is 10.2. The van der Waals surface area contributed by atoms with Gasteiger partial charge >= 0.3 is 6.61 Å². The van der Waals surface area contributed by atoms with Crippen molar-refractivity contribution < 1.29 is 13.5 Å². The van der Waals surface area contributed by atoms with Crippen LogP contribution in [0.25, 0.3) is 0 Å². The van der Waals surface area contributed by atoms with Gasteiger partial charge in [0.1, 0.15) is 5.75 Å². The molecule has 1 aromatic rings. The van der Waals surface area contributed by atoms with Crippen molar-refractivity contribution in [2.24, 2.45) is 0 Å². The number of halogens is 4. The second-order valence-corrected chi connectivity index (χ2v) is 4.28. The molecule has 13 heavy (non-hydrogen) atoms. The Hall–Kier alpha value is 0.190. The highest BCUT2D eigenvalue weighted by Gasteiger charge is 2.11. The topological polar surface area (TPSA) is 9.23 Å². The van der Waals surface area contributed by atoms with Gasteiger partial charge in [0.05, 0.1) is 4.47 Å². The van der Waals surface area contributed by atoms with E-state index < -0.39 is 6.61 Å². The lowest BCUT2D eigenvalue weighted by atomic mass is 10.3. The van der Waals surface area contributed by atoms with Gasteiger partial charge in [0.2, 0.25) is 0 Å². The average molecular weight is 334 g/mol. The standard InChI is InChI=1S/C7H4Br2F2OS/c8-4-1-3(13)2-5(6(4)9)12-7(10)11/h1-2,7,13H. The van der Waals surface area contributed by atoms with Crippen LogP contribution in [0.4, 0.5) is 8.78 Å². The predicted octanol–water partition coefficient (Wildman–Crippen LogP) is 4.10. The molecule has 0 spiro atoms. The van der Waals surface area contributed by atoms with Crippen LogP contribution in [-0.2, 0) is 0 Å². The summed E-state index contributed by atoms with van der Waals surface area (Å²) in [6, 6.07) is 3.08. The third-order valence-electron chi connectivity index (χ3n) is 1.20. The summed E-state index contributed by atoms with van der Waals surface area (Å²) < 4.78 is 29.1. The van der Waals surface area contributed by atoms with Crippen LogP contribution in [0.2, 0.25) is 0 Å². The number of hydrogen-bond donors (Lipinski definition) is 1. The van der Waals surface area contributed by atoms with E-state index >= 15 is 0 Å². The van der Waals surface area contributed by atoms with E-state index in [1.54, 1.807) is 6.07 Å². The zero-order chi connectivity index (χ0) is 10.0. The first kappa shape index (κ1) is 11.3. The van der Waals surface area contributed by atoms with E-state index in [0.717, 1.165) is 0 Å². The van der Waals surface area contributed by atoms with E-state index in [0.29, 0.717) is 13.8 Å². The molecule has 0 radical (unpaired) electrons. The fourth-order valence-electron chi connectivity index (χ4n) is 0.732. The van der Waals surface area contributed by atoms with Crippen molar-refractivity contribution in [2.45, 2.75) is 11.5 Å². The van der Waals surface area contributed by atoms with E-state index in [9.17, 15) is 8.78 Å². The molecule has 1 aromatic carbocycles. The molecular weight excluding hydrogens is 330 g/mol. The number of thiol groups is 1. The summed E-state index contributed by atoms with van der Waals surface area (Å²) in [6.45, 7) is -2.83. The van der Waals surface area contributed by atoms with Gasteiger partial charge in [-0.3, -0.25) is 0 Å². The molecule has 6 heteroatoms. The van der Waals surface area contributed by atoms with Gasteiger partial charge < -0.3 is 4.74 Å². The molecule has 0 unspecified atom stereocenters. The molecule has 1 rings (SSSR count). The first-order valence-corrected chi connectivity index (χ1v) is 5.17. The van der Waals surface area contributed by atoms with Gasteiger partial charge in [0.25, 0.3) is 0 Å². The summed E-state index contributed by atoms with van der Waals surface area (Å²) in [5.74, 6) is 0.0642. The van der Waals surface area contributed by atoms with Gasteiger partial charge in [-0.25, -0.2) is 0 Å². The quantitative estimate of drug-likeness (QED) is 0.802. The Balaban J connectivity index is 3.05. The molecule has 0 heterocycles. The van der Waals surface area contributed by atoms with Gasteiger partial charge in [-0.15, -0.1) is 12.6 Å². The van der Waals surface area contributed by atoms with Gasteiger partial charge in [-0.2, -0.15) is 8.78 Å². The van der Waals surface area contributed by atoms with Crippen LogP contribution in [0.5, 0.6) is 5.75 Å². The van der Waals surface area contributed by atoms with Crippen molar-refractivity contribution in [3.63, 3.8) is 0 Å². The minimum atomic E-state index is -2.83. The van der Waals surface area contributed by atoms with Gasteiger partial charge in [0.15, 0.2) is 0 Å². The molecule has 0 saturated carbocycles. The maximum absolute atomic E-state index is 11.9. The van der Waals surface area contributed by atoms with Crippen molar-refractivity contribution in [3.8, 4) is 5.75 Å². The maximum Gasteiger partial charge on any atom is 0.387 e. The molecule has 0 amide bonds. The summed E-state index contributed by atoms with van der Waals surface area (Å²) in [7, 11) is 0. The monoisotopic (exact) mass is 332 g/mol. The lowest BCUT2D eigenvalue weighted by Gasteiger charge is -2.08. The predicted molar refractivity (Wildman–Crippen MR) is 55.7 cm³/mol. The van der Waals surface area contributed by atoms with Crippen LogP contribution < -0.4 is 4.74 Å². The lowest BCUT2D eigenvalue weighted by Crippen LogP contribution is -2.02. The normalized spacial score (nSPS) is 10.6. The van der Waals surface area contributed by atoms with Crippen molar-refractivity contribution in [3.05, 3.63) is 21.1 Å². The number of rotatable bonds is 2. The Morgan fingerprint density at radius 3 is 2.46 bits per heavy atom. The molecular formula is C7H4Br2F2OS. The van der Waals surface area contributed by atoms with Crippen molar-refractivity contribution in [1.29, 1.82) is 0 Å². The van der Waals surface area contributed by atoms with Crippen LogP contribution in [-0.4, -0.2) is 6.61 Å². The van der Waals surface area contributed by atoms with E-state index in [1.807, 2.05) is 0 Å². The fourth-order valence-corrected chi connectivity index (χ4v) is 1.92. The summed E-state index contributed by atoms with van der Waals surface area (Å²) in [4.78, 5) is 0.547. The molecule has 72 valence electrons. The van der Waals surface area contributed by atoms with Crippen molar-refractivity contribution in [1.82, 2.24) is 0 Å². The van der Waals surface area contributed by atoms with E-state index in [-0.39, 0.29) is 5.75 Å². The molecule has 0 aliphatic rings. The zero-order valence-electron chi connectivity index (χ0n) is 6.10. The first-order valence-electron chi connectivity index (χ1n) is 3.13. The summed E-state index contributed by atoms with van der Waals surface area (Å²) in [5, 5.41) is 0. The van der Waals surface area contributed by atoms with Gasteiger partial charge in [-0.05, 0) is 44.0 Å². The first-order chi connectivity index (χ1) is 6.00. The summed E-state index contributed by atoms with van der Waals surface area (Å²) >= 11 is 10.3. The summed E-state index contributed by atoms with van der Waals surface area (Å²) in [5.41, 5.74) is 0. The molecule has 1 nitrogen and oxygen atoms in total. The van der Waals surface area contributed by atoms with E-state index in [2.05, 4.69) is 49.2 Å². The number of ether oxygens (including phenoxy) is 1. The Labute approximate surface area is 96.1 Å².